The minimum absolute atomic E-state index is 0.0393. The number of aromatic hydroxyl groups is 1. The van der Waals surface area contributed by atoms with E-state index < -0.39 is 8.38 Å². The van der Waals surface area contributed by atoms with Gasteiger partial charge in [0.15, 0.2) is 6.35 Å². The van der Waals surface area contributed by atoms with Crippen LogP contribution in [0.3, 0.4) is 0 Å². The van der Waals surface area contributed by atoms with Crippen LogP contribution in [0.2, 0.25) is 5.02 Å². The number of hydrogen-bond donors (Lipinski definition) is 1. The molecule has 1 aliphatic heterocycles. The van der Waals surface area contributed by atoms with Gasteiger partial charge in [0.2, 0.25) is 8.38 Å². The van der Waals surface area contributed by atoms with Gasteiger partial charge in [-0.05, 0) is 85.4 Å². The molecule has 0 bridgehead atoms. The van der Waals surface area contributed by atoms with Crippen molar-refractivity contribution in [3.63, 3.8) is 0 Å². The molecule has 1 heterocycles. The normalized spacial score (nSPS) is 20.9. The molecule has 2 atom stereocenters. The van der Waals surface area contributed by atoms with Gasteiger partial charge in [-0.2, -0.15) is 0 Å². The van der Waals surface area contributed by atoms with Crippen LogP contribution in [0.25, 0.3) is 0 Å². The van der Waals surface area contributed by atoms with Crippen LogP contribution in [0.1, 0.15) is 63.7 Å². The molecular formula is C28H32ClO5P. The lowest BCUT2D eigenvalue weighted by Crippen LogP contribution is -2.13. The molecule has 1 saturated heterocycles. The minimum Gasteiger partial charge on any atom is -0.508 e. The zero-order chi connectivity index (χ0) is 24.9. The van der Waals surface area contributed by atoms with Gasteiger partial charge >= 0.3 is 0 Å². The van der Waals surface area contributed by atoms with E-state index in [1.807, 2.05) is 57.2 Å². The van der Waals surface area contributed by atoms with Gasteiger partial charge in [-0.3, -0.25) is 0 Å². The topological polar surface area (TPSA) is 57.2 Å². The second-order valence-corrected chi connectivity index (χ2v) is 10.9. The maximum Gasteiger partial charge on any atom is 0.211 e. The van der Waals surface area contributed by atoms with E-state index in [9.17, 15) is 5.11 Å². The summed E-state index contributed by atoms with van der Waals surface area (Å²) in [5, 5.41) is 10.8. The third kappa shape index (κ3) is 6.68. The van der Waals surface area contributed by atoms with Gasteiger partial charge in [-0.25, -0.2) is 0 Å². The summed E-state index contributed by atoms with van der Waals surface area (Å²) >= 11 is 6.15. The van der Waals surface area contributed by atoms with Crippen LogP contribution in [0.15, 0.2) is 77.3 Å². The van der Waals surface area contributed by atoms with E-state index in [1.54, 1.807) is 12.1 Å². The van der Waals surface area contributed by atoms with E-state index in [0.29, 0.717) is 30.1 Å². The summed E-state index contributed by atoms with van der Waals surface area (Å²) in [6, 6.07) is 13.2. The van der Waals surface area contributed by atoms with Crippen molar-refractivity contribution in [2.45, 2.75) is 52.6 Å². The Balaban J connectivity index is 1.39. The second-order valence-electron chi connectivity index (χ2n) is 9.10. The minimum atomic E-state index is -1.17. The molecule has 0 spiro atoms. The molecule has 0 saturated carbocycles. The van der Waals surface area contributed by atoms with Crippen LogP contribution >= 0.6 is 20.0 Å². The molecule has 1 N–H and O–H groups in total. The van der Waals surface area contributed by atoms with Crippen molar-refractivity contribution in [1.82, 2.24) is 0 Å². The molecule has 2 unspecified atom stereocenters. The van der Waals surface area contributed by atoms with Gasteiger partial charge in [0.25, 0.3) is 0 Å². The fourth-order valence-corrected chi connectivity index (χ4v) is 5.55. The summed E-state index contributed by atoms with van der Waals surface area (Å²) in [6.07, 6.45) is 5.86. The van der Waals surface area contributed by atoms with Crippen molar-refractivity contribution in [1.29, 1.82) is 0 Å². The largest absolute Gasteiger partial charge is 0.508 e. The number of allylic oxidation sites excluding steroid dienone is 4. The van der Waals surface area contributed by atoms with Gasteiger partial charge in [0.1, 0.15) is 23.0 Å². The third-order valence-corrected chi connectivity index (χ3v) is 7.51. The average Bonchev–Trinajstić information content (AvgIpc) is 2.97. The van der Waals surface area contributed by atoms with Crippen LogP contribution in [-0.2, 0) is 13.8 Å². The first-order valence-electron chi connectivity index (χ1n) is 11.8. The zero-order valence-electron chi connectivity index (χ0n) is 20.6. The SMILES string of the molecule is CC1=CC(OCP2OCCC(c3cccc(Cl)c3)O2)=CCC(C)=C1Oc1ccc(O)c(C(C)C)c1. The average molecular weight is 515 g/mol. The third-order valence-electron chi connectivity index (χ3n) is 5.97. The van der Waals surface area contributed by atoms with E-state index in [-0.39, 0.29) is 17.8 Å². The Morgan fingerprint density at radius 3 is 2.77 bits per heavy atom. The van der Waals surface area contributed by atoms with Crippen molar-refractivity contribution in [3.05, 3.63) is 93.4 Å². The molecule has 5 nitrogen and oxygen atoms in total. The molecule has 4 rings (SSSR count). The lowest BCUT2D eigenvalue weighted by Gasteiger charge is -2.29. The number of halogens is 1. The summed E-state index contributed by atoms with van der Waals surface area (Å²) in [6.45, 7) is 8.80. The zero-order valence-corrected chi connectivity index (χ0v) is 22.2. The van der Waals surface area contributed by atoms with Crippen molar-refractivity contribution < 1.29 is 23.6 Å². The Kier molecular flexibility index (Phi) is 8.56. The first kappa shape index (κ1) is 25.8. The van der Waals surface area contributed by atoms with Crippen molar-refractivity contribution in [3.8, 4) is 11.5 Å². The number of hydrogen-bond acceptors (Lipinski definition) is 5. The predicted molar refractivity (Wildman–Crippen MR) is 141 cm³/mol. The summed E-state index contributed by atoms with van der Waals surface area (Å²) < 4.78 is 24.4. The second kappa shape index (κ2) is 11.6. The molecule has 35 heavy (non-hydrogen) atoms. The highest BCUT2D eigenvalue weighted by Crippen LogP contribution is 2.49. The fraction of sp³-hybridized carbons (Fsp3) is 0.357. The smallest absolute Gasteiger partial charge is 0.211 e. The number of ether oxygens (including phenoxy) is 2. The van der Waals surface area contributed by atoms with E-state index >= 15 is 0 Å². The highest BCUT2D eigenvalue weighted by atomic mass is 35.5. The molecule has 1 fully saturated rings. The van der Waals surface area contributed by atoms with Gasteiger partial charge in [-0.1, -0.05) is 37.6 Å². The summed E-state index contributed by atoms with van der Waals surface area (Å²) in [5.41, 5.74) is 4.01. The molecule has 0 amide bonds. The van der Waals surface area contributed by atoms with Crippen LogP contribution in [0, 0.1) is 0 Å². The first-order chi connectivity index (χ1) is 16.8. The van der Waals surface area contributed by atoms with Gasteiger partial charge < -0.3 is 23.6 Å². The molecule has 2 aromatic carbocycles. The lowest BCUT2D eigenvalue weighted by molar-refractivity contribution is 0.0950. The lowest BCUT2D eigenvalue weighted by atomic mass is 10.0. The monoisotopic (exact) mass is 514 g/mol. The first-order valence-corrected chi connectivity index (χ1v) is 13.6. The predicted octanol–water partition coefficient (Wildman–Crippen LogP) is 8.52. The van der Waals surface area contributed by atoms with Crippen molar-refractivity contribution in [2.24, 2.45) is 0 Å². The maximum atomic E-state index is 10.1. The van der Waals surface area contributed by atoms with Crippen LogP contribution in [0.4, 0.5) is 0 Å². The highest BCUT2D eigenvalue weighted by Gasteiger charge is 2.26. The molecule has 0 radical (unpaired) electrons. The maximum absolute atomic E-state index is 10.1. The van der Waals surface area contributed by atoms with Crippen LogP contribution in [-0.4, -0.2) is 18.1 Å². The molecule has 7 heteroatoms. The Bertz CT molecular complexity index is 1150. The molecule has 0 aromatic heterocycles. The molecular weight excluding hydrogens is 483 g/mol. The van der Waals surface area contributed by atoms with Crippen LogP contribution in [0.5, 0.6) is 11.5 Å². The van der Waals surface area contributed by atoms with Crippen LogP contribution < -0.4 is 4.74 Å². The highest BCUT2D eigenvalue weighted by molar-refractivity contribution is 7.47. The van der Waals surface area contributed by atoms with Gasteiger partial charge in [0, 0.05) is 17.0 Å². The standard InChI is InChI=1S/C28H32ClO5P/c1-18(2)25-16-24(10-11-26(25)30)33-28-19(3)8-9-23(14-20(28)4)31-17-35-32-13-12-27(34-35)21-6-5-7-22(29)15-21/h5-7,9-11,14-16,18,27,30H,8,12-13,17H2,1-4H3. The number of phenols is 1. The van der Waals surface area contributed by atoms with Crippen molar-refractivity contribution >= 4 is 20.0 Å². The quantitative estimate of drug-likeness (QED) is 0.375. The Labute approximate surface area is 213 Å². The molecule has 2 aromatic rings. The van der Waals surface area contributed by atoms with Gasteiger partial charge in [-0.15, -0.1) is 0 Å². The number of benzene rings is 2. The molecule has 186 valence electrons. The molecule has 1 aliphatic carbocycles. The van der Waals surface area contributed by atoms with E-state index in [4.69, 9.17) is 30.1 Å². The number of rotatable bonds is 7. The Morgan fingerprint density at radius 1 is 1.17 bits per heavy atom. The fourth-order valence-electron chi connectivity index (χ4n) is 4.08. The van der Waals surface area contributed by atoms with E-state index in [1.165, 1.54) is 0 Å². The Morgan fingerprint density at radius 2 is 2.00 bits per heavy atom. The van der Waals surface area contributed by atoms with Gasteiger partial charge in [0.05, 0.1) is 12.7 Å². The summed E-state index contributed by atoms with van der Waals surface area (Å²) in [4.78, 5) is 0. The van der Waals surface area contributed by atoms with E-state index in [2.05, 4.69) is 13.0 Å². The molecule has 2 aliphatic rings. The number of phenolic OH excluding ortho intramolecular Hbond substituents is 1. The van der Waals surface area contributed by atoms with Crippen molar-refractivity contribution in [2.75, 3.05) is 13.0 Å². The van der Waals surface area contributed by atoms with E-state index in [0.717, 1.165) is 40.2 Å². The summed E-state index contributed by atoms with van der Waals surface area (Å²) in [5.74, 6) is 2.78. The Hall–Kier alpha value is -2.30. The summed E-state index contributed by atoms with van der Waals surface area (Å²) in [7, 11) is -1.17.